The third-order valence-electron chi connectivity index (χ3n) is 4.50. The zero-order chi connectivity index (χ0) is 11.2. The lowest BCUT2D eigenvalue weighted by molar-refractivity contribution is -0.159. The zero-order valence-electron chi connectivity index (χ0n) is 9.28. The molecule has 84 valence electrons. The molecule has 16 heavy (non-hydrogen) atoms. The Balaban J connectivity index is 1.88. The minimum absolute atomic E-state index is 0.330. The summed E-state index contributed by atoms with van der Waals surface area (Å²) in [6.07, 6.45) is 4.76. The molecule has 1 saturated carbocycles. The van der Waals surface area contributed by atoms with E-state index in [1.165, 1.54) is 11.1 Å². The summed E-state index contributed by atoms with van der Waals surface area (Å²) < 4.78 is 0. The van der Waals surface area contributed by atoms with Gasteiger partial charge in [-0.2, -0.15) is 0 Å². The summed E-state index contributed by atoms with van der Waals surface area (Å²) in [7, 11) is 0. The van der Waals surface area contributed by atoms with Crippen LogP contribution >= 0.6 is 0 Å². The summed E-state index contributed by atoms with van der Waals surface area (Å²) in [5.74, 6) is -0.243. The van der Waals surface area contributed by atoms with Gasteiger partial charge in [0.05, 0.1) is 5.41 Å². The van der Waals surface area contributed by atoms with Crippen molar-refractivity contribution in [1.82, 2.24) is 0 Å². The van der Waals surface area contributed by atoms with Crippen molar-refractivity contribution in [2.45, 2.75) is 32.1 Å². The van der Waals surface area contributed by atoms with Gasteiger partial charge < -0.3 is 5.11 Å². The van der Waals surface area contributed by atoms with Crippen LogP contribution in [0.15, 0.2) is 24.3 Å². The molecule has 0 unspecified atom stereocenters. The van der Waals surface area contributed by atoms with Crippen LogP contribution in [0.2, 0.25) is 0 Å². The zero-order valence-corrected chi connectivity index (χ0v) is 9.28. The maximum Gasteiger partial charge on any atom is 0.309 e. The van der Waals surface area contributed by atoms with Crippen LogP contribution in [0, 0.1) is 11.3 Å². The van der Waals surface area contributed by atoms with Gasteiger partial charge in [0.25, 0.3) is 0 Å². The summed E-state index contributed by atoms with van der Waals surface area (Å²) >= 11 is 0. The summed E-state index contributed by atoms with van der Waals surface area (Å²) in [6, 6.07) is 8.39. The van der Waals surface area contributed by atoms with Gasteiger partial charge in [-0.25, -0.2) is 0 Å². The van der Waals surface area contributed by atoms with Crippen LogP contribution < -0.4 is 0 Å². The van der Waals surface area contributed by atoms with Crippen molar-refractivity contribution in [3.8, 4) is 0 Å². The minimum atomic E-state index is -0.573. The van der Waals surface area contributed by atoms with Crippen molar-refractivity contribution in [1.29, 1.82) is 0 Å². The first-order chi connectivity index (χ1) is 7.72. The van der Waals surface area contributed by atoms with Crippen LogP contribution in [-0.2, 0) is 17.6 Å². The summed E-state index contributed by atoms with van der Waals surface area (Å²) in [5, 5.41) is 9.42. The Bertz CT molecular complexity index is 407. The molecule has 0 aliphatic heterocycles. The normalized spacial score (nSPS) is 22.5. The second kappa shape index (κ2) is 3.34. The molecule has 2 aliphatic rings. The van der Waals surface area contributed by atoms with E-state index in [2.05, 4.69) is 24.3 Å². The van der Waals surface area contributed by atoms with Crippen LogP contribution in [-0.4, -0.2) is 11.1 Å². The van der Waals surface area contributed by atoms with E-state index in [-0.39, 0.29) is 0 Å². The van der Waals surface area contributed by atoms with Crippen molar-refractivity contribution in [3.63, 3.8) is 0 Å². The van der Waals surface area contributed by atoms with Crippen molar-refractivity contribution in [2.75, 3.05) is 0 Å². The Labute approximate surface area is 95.3 Å². The Morgan fingerprint density at radius 1 is 1.19 bits per heavy atom. The SMILES string of the molecule is O=C(O)C1(C2Cc3ccccc3C2)CCC1. The van der Waals surface area contributed by atoms with Crippen LogP contribution in [0.1, 0.15) is 30.4 Å². The highest BCUT2D eigenvalue weighted by Gasteiger charge is 2.51. The van der Waals surface area contributed by atoms with Gasteiger partial charge in [0, 0.05) is 0 Å². The molecule has 0 aromatic heterocycles. The van der Waals surface area contributed by atoms with Gasteiger partial charge in [-0.1, -0.05) is 30.7 Å². The quantitative estimate of drug-likeness (QED) is 0.825. The van der Waals surface area contributed by atoms with E-state index < -0.39 is 11.4 Å². The van der Waals surface area contributed by atoms with Crippen LogP contribution in [0.5, 0.6) is 0 Å². The van der Waals surface area contributed by atoms with E-state index in [0.29, 0.717) is 5.92 Å². The molecule has 1 fully saturated rings. The van der Waals surface area contributed by atoms with E-state index in [4.69, 9.17) is 0 Å². The molecule has 0 amide bonds. The van der Waals surface area contributed by atoms with Gasteiger partial charge in [0.15, 0.2) is 0 Å². The second-order valence-corrected chi connectivity index (χ2v) is 5.19. The Hall–Kier alpha value is -1.31. The number of rotatable bonds is 2. The maximum absolute atomic E-state index is 11.4. The molecule has 2 heteroatoms. The molecule has 2 aliphatic carbocycles. The molecule has 0 radical (unpaired) electrons. The molecule has 1 aromatic rings. The first kappa shape index (κ1) is 9.88. The van der Waals surface area contributed by atoms with Crippen LogP contribution in [0.3, 0.4) is 0 Å². The first-order valence-corrected chi connectivity index (χ1v) is 6.02. The molecular formula is C14H16O2. The lowest BCUT2D eigenvalue weighted by Gasteiger charge is -2.42. The third-order valence-corrected chi connectivity index (χ3v) is 4.50. The molecule has 1 N–H and O–H groups in total. The van der Waals surface area contributed by atoms with Crippen molar-refractivity contribution < 1.29 is 9.90 Å². The number of carboxylic acids is 1. The number of carboxylic acid groups (broad SMARTS) is 1. The molecule has 0 spiro atoms. The van der Waals surface area contributed by atoms with Gasteiger partial charge in [0.1, 0.15) is 0 Å². The van der Waals surface area contributed by atoms with Crippen molar-refractivity contribution >= 4 is 5.97 Å². The van der Waals surface area contributed by atoms with E-state index in [1.54, 1.807) is 0 Å². The van der Waals surface area contributed by atoms with Gasteiger partial charge in [-0.15, -0.1) is 0 Å². The topological polar surface area (TPSA) is 37.3 Å². The van der Waals surface area contributed by atoms with Crippen LogP contribution in [0.4, 0.5) is 0 Å². The highest BCUT2D eigenvalue weighted by Crippen LogP contribution is 2.51. The third kappa shape index (κ3) is 1.22. The number of carbonyl (C=O) groups is 1. The molecule has 0 atom stereocenters. The first-order valence-electron chi connectivity index (χ1n) is 6.02. The molecule has 2 nitrogen and oxygen atoms in total. The number of fused-ring (bicyclic) bond motifs is 1. The van der Waals surface area contributed by atoms with E-state index in [9.17, 15) is 9.90 Å². The lowest BCUT2D eigenvalue weighted by atomic mass is 9.60. The Morgan fingerprint density at radius 2 is 1.75 bits per heavy atom. The number of hydrogen-bond donors (Lipinski definition) is 1. The monoisotopic (exact) mass is 216 g/mol. The number of benzene rings is 1. The average molecular weight is 216 g/mol. The van der Waals surface area contributed by atoms with E-state index in [1.807, 2.05) is 0 Å². The van der Waals surface area contributed by atoms with Gasteiger partial charge in [-0.05, 0) is 42.7 Å². The highest BCUT2D eigenvalue weighted by atomic mass is 16.4. The Morgan fingerprint density at radius 3 is 2.12 bits per heavy atom. The Kier molecular flexibility index (Phi) is 2.06. The molecule has 3 rings (SSSR count). The van der Waals surface area contributed by atoms with Gasteiger partial charge >= 0.3 is 5.97 Å². The lowest BCUT2D eigenvalue weighted by Crippen LogP contribution is -2.45. The maximum atomic E-state index is 11.4. The van der Waals surface area contributed by atoms with Crippen molar-refractivity contribution in [3.05, 3.63) is 35.4 Å². The molecule has 1 aromatic carbocycles. The molecule has 0 bridgehead atoms. The van der Waals surface area contributed by atoms with Gasteiger partial charge in [0.2, 0.25) is 0 Å². The summed E-state index contributed by atoms with van der Waals surface area (Å²) in [4.78, 5) is 11.4. The highest BCUT2D eigenvalue weighted by molar-refractivity contribution is 5.76. The van der Waals surface area contributed by atoms with E-state index >= 15 is 0 Å². The smallest absolute Gasteiger partial charge is 0.309 e. The molecule has 0 saturated heterocycles. The predicted molar refractivity (Wildman–Crippen MR) is 61.3 cm³/mol. The van der Waals surface area contributed by atoms with E-state index in [0.717, 1.165) is 32.1 Å². The van der Waals surface area contributed by atoms with Crippen molar-refractivity contribution in [2.24, 2.45) is 11.3 Å². The van der Waals surface area contributed by atoms with Gasteiger partial charge in [-0.3, -0.25) is 4.79 Å². The largest absolute Gasteiger partial charge is 0.481 e. The standard InChI is InChI=1S/C14H16O2/c15-13(16)14(6-3-7-14)12-8-10-4-1-2-5-11(10)9-12/h1-2,4-5,12H,3,6-9H2,(H,15,16). The fraction of sp³-hybridized carbons (Fsp3) is 0.500. The fourth-order valence-corrected chi connectivity index (χ4v) is 3.30. The molecule has 0 heterocycles. The molecular weight excluding hydrogens is 200 g/mol. The fourth-order valence-electron chi connectivity index (χ4n) is 3.30. The average Bonchev–Trinajstić information content (AvgIpc) is 2.58. The summed E-state index contributed by atoms with van der Waals surface area (Å²) in [6.45, 7) is 0. The summed E-state index contributed by atoms with van der Waals surface area (Å²) in [5.41, 5.74) is 2.32. The predicted octanol–water partition coefficient (Wildman–Crippen LogP) is 2.66. The van der Waals surface area contributed by atoms with Crippen LogP contribution in [0.25, 0.3) is 0 Å². The second-order valence-electron chi connectivity index (χ2n) is 5.19. The minimum Gasteiger partial charge on any atom is -0.481 e. The number of aliphatic carboxylic acids is 1. The number of hydrogen-bond acceptors (Lipinski definition) is 1.